The molecule has 0 spiro atoms. The quantitative estimate of drug-likeness (QED) is 0.128. The van der Waals surface area contributed by atoms with Crippen molar-refractivity contribution in [3.8, 4) is 33.6 Å². The molecule has 0 aromatic carbocycles. The lowest BCUT2D eigenvalue weighted by Crippen LogP contribution is -2.42. The van der Waals surface area contributed by atoms with Crippen LogP contribution in [-0.4, -0.2) is 59.4 Å². The van der Waals surface area contributed by atoms with Crippen molar-refractivity contribution < 1.29 is 52.7 Å². The van der Waals surface area contributed by atoms with Gasteiger partial charge in [-0.2, -0.15) is 62.6 Å². The molecule has 0 unspecified atom stereocenters. The first-order valence-electron chi connectivity index (χ1n) is 14.8. The van der Waals surface area contributed by atoms with Gasteiger partial charge in [0.05, 0.1) is 31.5 Å². The van der Waals surface area contributed by atoms with E-state index in [9.17, 15) is 39.5 Å². The Morgan fingerprint density at radius 3 is 1.86 bits per heavy atom. The number of aromatic nitrogens is 7. The van der Waals surface area contributed by atoms with Crippen molar-refractivity contribution in [2.24, 2.45) is 7.05 Å². The largest absolute Gasteiger partial charge is 0.435 e. The van der Waals surface area contributed by atoms with Gasteiger partial charge in [-0.15, -0.1) is 5.10 Å². The lowest BCUT2D eigenvalue weighted by atomic mass is 9.94. The van der Waals surface area contributed by atoms with Gasteiger partial charge in [0.1, 0.15) is 28.4 Å². The van der Waals surface area contributed by atoms with E-state index in [4.69, 9.17) is 69.6 Å². The van der Waals surface area contributed by atoms with Crippen LogP contribution >= 0.6 is 69.6 Å². The van der Waals surface area contributed by atoms with Gasteiger partial charge in [-0.3, -0.25) is 9.67 Å². The summed E-state index contributed by atoms with van der Waals surface area (Å²) in [6.45, 7) is -1.34. The minimum atomic E-state index is -6.01. The number of pyridine rings is 3. The van der Waals surface area contributed by atoms with Gasteiger partial charge in [0.2, 0.25) is 0 Å². The number of hydrogen-bond acceptors (Lipinski definition) is 7. The zero-order valence-electron chi connectivity index (χ0n) is 27.4. The molecule has 5 aromatic rings. The maximum Gasteiger partial charge on any atom is 0.435 e. The van der Waals surface area contributed by atoms with Gasteiger partial charge in [-0.25, -0.2) is 15.0 Å². The molecular weight excluding hydrogens is 927 g/mol. The molecule has 0 N–H and O–H groups in total. The Hall–Kier alpha value is -3.89. The van der Waals surface area contributed by atoms with Gasteiger partial charge in [-0.05, 0) is 18.2 Å². The molecule has 0 radical (unpaired) electrons. The molecule has 0 atom stereocenters. The molecule has 27 heteroatoms. The standard InChI is InChI=1S/C30H13Cl6F12N9/c1-54-8-56(24(30(46,47)48)21(54)13-6-14(27(37,38)39)52-55(13)2)57-23(29(43,44)45)17(22(53-57)28(40,41)42)16-12(33)7-50-26(36)15(16)9-5-11(32)19(51-25(9)35)20-18(34)10(31)3-4-49-20/h3-7H,8H2,1-2H3. The van der Waals surface area contributed by atoms with Crippen LogP contribution in [0, 0.1) is 0 Å². The highest BCUT2D eigenvalue weighted by molar-refractivity contribution is 6.44. The Morgan fingerprint density at radius 1 is 0.649 bits per heavy atom. The summed E-state index contributed by atoms with van der Waals surface area (Å²) < 4.78 is 176. The van der Waals surface area contributed by atoms with Crippen LogP contribution in [0.2, 0.25) is 30.4 Å². The van der Waals surface area contributed by atoms with Crippen molar-refractivity contribution in [3.63, 3.8) is 0 Å². The van der Waals surface area contributed by atoms with Crippen LogP contribution in [0.1, 0.15) is 22.8 Å². The van der Waals surface area contributed by atoms with Crippen molar-refractivity contribution in [2.45, 2.75) is 24.7 Å². The van der Waals surface area contributed by atoms with Gasteiger partial charge in [0, 0.05) is 48.7 Å². The average Bonchev–Trinajstić information content (AvgIpc) is 3.77. The number of aryl methyl sites for hydroxylation is 1. The van der Waals surface area contributed by atoms with Crippen LogP contribution in [0.4, 0.5) is 52.7 Å². The fraction of sp³-hybridized carbons (Fsp3) is 0.233. The summed E-state index contributed by atoms with van der Waals surface area (Å²) in [7, 11) is 1.64. The van der Waals surface area contributed by atoms with Crippen molar-refractivity contribution >= 4 is 75.3 Å². The SMILES string of the molecule is CN1CN(n2nc(C(F)(F)F)c(-c3c(Cl)cnc(Cl)c3-c3cc(Cl)c(-c4nccc(Cl)c4Cl)nc3Cl)c2C(F)(F)F)C(C(F)(F)F)=C1c1cc(C(F)(F)F)nn1C. The predicted octanol–water partition coefficient (Wildman–Crippen LogP) is 11.6. The molecule has 0 aliphatic carbocycles. The Bertz CT molecular complexity index is 2470. The van der Waals surface area contributed by atoms with Crippen LogP contribution in [0.15, 0.2) is 36.3 Å². The summed E-state index contributed by atoms with van der Waals surface area (Å²) in [5, 5.41) is 2.69. The molecule has 0 saturated heterocycles. The van der Waals surface area contributed by atoms with E-state index in [-0.39, 0.29) is 32.5 Å². The second-order valence-electron chi connectivity index (χ2n) is 11.7. The number of nitrogens with zero attached hydrogens (tertiary/aromatic N) is 9. The Morgan fingerprint density at radius 2 is 1.30 bits per heavy atom. The third kappa shape index (κ3) is 7.61. The Labute approximate surface area is 339 Å². The van der Waals surface area contributed by atoms with Crippen LogP contribution < -0.4 is 5.01 Å². The third-order valence-corrected chi connectivity index (χ3v) is 9.97. The van der Waals surface area contributed by atoms with Crippen LogP contribution in [0.5, 0.6) is 0 Å². The molecule has 6 rings (SSSR count). The van der Waals surface area contributed by atoms with Crippen LogP contribution in [-0.2, 0) is 25.6 Å². The molecule has 9 nitrogen and oxygen atoms in total. The molecule has 57 heavy (non-hydrogen) atoms. The number of halogens is 18. The van der Waals surface area contributed by atoms with Gasteiger partial charge < -0.3 is 4.90 Å². The summed E-state index contributed by atoms with van der Waals surface area (Å²) in [5.41, 5.74) is -15.9. The van der Waals surface area contributed by atoms with Gasteiger partial charge in [0.25, 0.3) is 0 Å². The minimum Gasteiger partial charge on any atom is -0.352 e. The van der Waals surface area contributed by atoms with E-state index >= 15 is 13.2 Å². The second kappa shape index (κ2) is 14.4. The highest BCUT2D eigenvalue weighted by Crippen LogP contribution is 2.53. The fourth-order valence-corrected chi connectivity index (χ4v) is 7.15. The van der Waals surface area contributed by atoms with Crippen LogP contribution in [0.25, 0.3) is 39.3 Å². The summed E-state index contributed by atoms with van der Waals surface area (Å²) in [4.78, 5) is 11.6. The number of rotatable bonds is 5. The average molecular weight is 940 g/mol. The fourth-order valence-electron chi connectivity index (χ4n) is 5.85. The van der Waals surface area contributed by atoms with Crippen molar-refractivity contribution in [1.29, 1.82) is 0 Å². The van der Waals surface area contributed by atoms with E-state index in [1.165, 1.54) is 12.3 Å². The smallest absolute Gasteiger partial charge is 0.352 e. The number of allylic oxidation sites excluding steroid dienone is 1. The monoisotopic (exact) mass is 937 g/mol. The zero-order valence-corrected chi connectivity index (χ0v) is 32.0. The molecule has 1 aliphatic rings. The van der Waals surface area contributed by atoms with Crippen LogP contribution in [0.3, 0.4) is 0 Å². The molecule has 0 saturated carbocycles. The predicted molar refractivity (Wildman–Crippen MR) is 184 cm³/mol. The van der Waals surface area contributed by atoms with Crippen molar-refractivity contribution in [3.05, 3.63) is 89.5 Å². The molecule has 0 amide bonds. The lowest BCUT2D eigenvalue weighted by molar-refractivity contribution is -0.144. The maximum atomic E-state index is 15.3. The van der Waals surface area contributed by atoms with E-state index in [2.05, 4.69) is 25.1 Å². The van der Waals surface area contributed by atoms with Gasteiger partial charge in [-0.1, -0.05) is 69.6 Å². The first-order chi connectivity index (χ1) is 26.1. The Balaban J connectivity index is 1.69. The second-order valence-corrected chi connectivity index (χ2v) is 14.0. The highest BCUT2D eigenvalue weighted by Gasteiger charge is 2.54. The molecule has 5 aromatic heterocycles. The molecule has 6 heterocycles. The number of hydrogen-bond donors (Lipinski definition) is 0. The van der Waals surface area contributed by atoms with Crippen molar-refractivity contribution in [1.82, 2.24) is 39.5 Å². The molecule has 1 aliphatic heterocycles. The maximum absolute atomic E-state index is 15.3. The van der Waals surface area contributed by atoms with Gasteiger partial charge >= 0.3 is 24.7 Å². The lowest BCUT2D eigenvalue weighted by Gasteiger charge is -2.26. The van der Waals surface area contributed by atoms with E-state index < -0.39 is 113 Å². The van der Waals surface area contributed by atoms with Crippen molar-refractivity contribution in [2.75, 3.05) is 18.7 Å². The molecular formula is C30H13Cl6F12N9. The summed E-state index contributed by atoms with van der Waals surface area (Å²) >= 11 is 37.8. The molecule has 0 fully saturated rings. The Kier molecular flexibility index (Phi) is 10.8. The first-order valence-corrected chi connectivity index (χ1v) is 17.1. The number of alkyl halides is 12. The summed E-state index contributed by atoms with van der Waals surface area (Å²) in [6.07, 6.45) is -21.1. The van der Waals surface area contributed by atoms with E-state index in [1.54, 1.807) is 0 Å². The summed E-state index contributed by atoms with van der Waals surface area (Å²) in [6, 6.07) is 2.37. The third-order valence-electron chi connectivity index (χ3n) is 8.03. The molecule has 304 valence electrons. The van der Waals surface area contributed by atoms with E-state index in [0.717, 1.165) is 20.2 Å². The summed E-state index contributed by atoms with van der Waals surface area (Å²) in [5.74, 6) is 0. The highest BCUT2D eigenvalue weighted by atomic mass is 35.5. The zero-order chi connectivity index (χ0) is 42.5. The normalized spacial score (nSPS) is 14.5. The first kappa shape index (κ1) is 42.7. The molecule has 0 bridgehead atoms. The van der Waals surface area contributed by atoms with Gasteiger partial charge in [0.15, 0.2) is 22.8 Å². The van der Waals surface area contributed by atoms with E-state index in [1.807, 2.05) is 0 Å². The topological polar surface area (TPSA) is 80.8 Å². The minimum absolute atomic E-state index is 0.0216. The van der Waals surface area contributed by atoms with E-state index in [0.29, 0.717) is 15.8 Å².